The van der Waals surface area contributed by atoms with Gasteiger partial charge in [0.25, 0.3) is 0 Å². The van der Waals surface area contributed by atoms with Gasteiger partial charge in [0, 0.05) is 25.2 Å². The van der Waals surface area contributed by atoms with Crippen molar-refractivity contribution in [3.05, 3.63) is 24.3 Å². The largest absolute Gasteiger partial charge is 0.493 e. The number of anilines is 1. The molecule has 1 amide bonds. The molecule has 0 aliphatic carbocycles. The third-order valence-electron chi connectivity index (χ3n) is 3.99. The molecule has 1 fully saturated rings. The molecule has 1 aliphatic rings. The number of carboxylic acid groups (broad SMARTS) is 1. The van der Waals surface area contributed by atoms with Crippen molar-refractivity contribution in [3.63, 3.8) is 0 Å². The Balaban J connectivity index is 1.73. The summed E-state index contributed by atoms with van der Waals surface area (Å²) >= 11 is 0. The lowest BCUT2D eigenvalue weighted by Gasteiger charge is -2.31. The van der Waals surface area contributed by atoms with Gasteiger partial charge in [-0.25, -0.2) is 0 Å². The van der Waals surface area contributed by atoms with Crippen molar-refractivity contribution in [2.24, 2.45) is 5.92 Å². The minimum absolute atomic E-state index is 0.101. The molecule has 1 aromatic rings. The zero-order chi connectivity index (χ0) is 16.7. The fourth-order valence-corrected chi connectivity index (χ4v) is 2.71. The normalized spacial score (nSPS) is 16.0. The predicted octanol–water partition coefficient (Wildman–Crippen LogP) is 2.21. The van der Waals surface area contributed by atoms with E-state index in [0.29, 0.717) is 19.1 Å². The smallest absolute Gasteiger partial charge is 0.304 e. The predicted molar refractivity (Wildman–Crippen MR) is 87.7 cm³/mol. The second kappa shape index (κ2) is 8.53. The van der Waals surface area contributed by atoms with Gasteiger partial charge in [-0.1, -0.05) is 6.07 Å². The Morgan fingerprint density at radius 3 is 2.74 bits per heavy atom. The number of rotatable bonds is 7. The number of hydrogen-bond acceptors (Lipinski definition) is 4. The first kappa shape index (κ1) is 17.3. The maximum Gasteiger partial charge on any atom is 0.304 e. The van der Waals surface area contributed by atoms with E-state index in [-0.39, 0.29) is 12.3 Å². The minimum Gasteiger partial charge on any atom is -0.493 e. The quantitative estimate of drug-likeness (QED) is 0.805. The molecule has 0 saturated carbocycles. The van der Waals surface area contributed by atoms with Gasteiger partial charge in [-0.15, -0.1) is 0 Å². The van der Waals surface area contributed by atoms with E-state index < -0.39 is 5.97 Å². The van der Waals surface area contributed by atoms with E-state index in [1.54, 1.807) is 0 Å². The molecule has 2 N–H and O–H groups in total. The number of carbonyl (C=O) groups is 2. The van der Waals surface area contributed by atoms with Crippen LogP contribution in [0.5, 0.6) is 5.75 Å². The Labute approximate surface area is 136 Å². The SMILES string of the molecule is CC(=O)Nc1cccc(OCC2CCN(CCC(=O)O)CC2)c1. The van der Waals surface area contributed by atoms with Crippen molar-refractivity contribution in [2.45, 2.75) is 26.2 Å². The molecule has 0 spiro atoms. The summed E-state index contributed by atoms with van der Waals surface area (Å²) in [6.07, 6.45) is 2.24. The van der Waals surface area contributed by atoms with E-state index in [0.717, 1.165) is 37.4 Å². The number of carbonyl (C=O) groups excluding carboxylic acids is 1. The molecule has 0 atom stereocenters. The van der Waals surface area contributed by atoms with Crippen LogP contribution in [0.4, 0.5) is 5.69 Å². The summed E-state index contributed by atoms with van der Waals surface area (Å²) in [6, 6.07) is 7.39. The molecule has 126 valence electrons. The molecule has 0 unspecified atom stereocenters. The van der Waals surface area contributed by atoms with Crippen molar-refractivity contribution in [1.29, 1.82) is 0 Å². The molecule has 1 aromatic carbocycles. The maximum atomic E-state index is 11.1. The standard InChI is InChI=1S/C17H24N2O4/c1-13(20)18-15-3-2-4-16(11-15)23-12-14-5-8-19(9-6-14)10-7-17(21)22/h2-4,11,14H,5-10,12H2,1H3,(H,18,20)(H,21,22). The second-order valence-electron chi connectivity index (χ2n) is 5.95. The highest BCUT2D eigenvalue weighted by atomic mass is 16.5. The third-order valence-corrected chi connectivity index (χ3v) is 3.99. The van der Waals surface area contributed by atoms with Crippen LogP contribution in [0.25, 0.3) is 0 Å². The molecule has 1 heterocycles. The van der Waals surface area contributed by atoms with E-state index in [1.165, 1.54) is 6.92 Å². The number of nitrogens with one attached hydrogen (secondary N) is 1. The molecule has 2 rings (SSSR count). The van der Waals surface area contributed by atoms with Gasteiger partial charge in [0.15, 0.2) is 0 Å². The number of ether oxygens (including phenoxy) is 1. The van der Waals surface area contributed by atoms with E-state index in [2.05, 4.69) is 10.2 Å². The van der Waals surface area contributed by atoms with Gasteiger partial charge in [0.05, 0.1) is 13.0 Å². The fourth-order valence-electron chi connectivity index (χ4n) is 2.71. The lowest BCUT2D eigenvalue weighted by molar-refractivity contribution is -0.137. The second-order valence-corrected chi connectivity index (χ2v) is 5.95. The summed E-state index contributed by atoms with van der Waals surface area (Å²) in [5.74, 6) is 0.399. The molecule has 6 nitrogen and oxygen atoms in total. The van der Waals surface area contributed by atoms with Gasteiger partial charge in [0.2, 0.25) is 5.91 Å². The average Bonchev–Trinajstić information content (AvgIpc) is 2.51. The Morgan fingerprint density at radius 1 is 1.35 bits per heavy atom. The van der Waals surface area contributed by atoms with Gasteiger partial charge in [-0.3, -0.25) is 9.59 Å². The number of nitrogens with zero attached hydrogens (tertiary/aromatic N) is 1. The molecule has 0 aromatic heterocycles. The first-order chi connectivity index (χ1) is 11.0. The monoisotopic (exact) mass is 320 g/mol. The lowest BCUT2D eigenvalue weighted by Crippen LogP contribution is -2.36. The highest BCUT2D eigenvalue weighted by Crippen LogP contribution is 2.21. The molecule has 23 heavy (non-hydrogen) atoms. The highest BCUT2D eigenvalue weighted by Gasteiger charge is 2.20. The van der Waals surface area contributed by atoms with E-state index in [9.17, 15) is 9.59 Å². The van der Waals surface area contributed by atoms with Crippen molar-refractivity contribution < 1.29 is 19.4 Å². The summed E-state index contributed by atoms with van der Waals surface area (Å²) in [5, 5.41) is 11.4. The molecule has 1 saturated heterocycles. The number of amides is 1. The van der Waals surface area contributed by atoms with Crippen LogP contribution in [-0.4, -0.2) is 48.1 Å². The summed E-state index contributed by atoms with van der Waals surface area (Å²) in [7, 11) is 0. The van der Waals surface area contributed by atoms with Crippen molar-refractivity contribution >= 4 is 17.6 Å². The van der Waals surface area contributed by atoms with Crippen LogP contribution in [0.15, 0.2) is 24.3 Å². The van der Waals surface area contributed by atoms with Gasteiger partial charge < -0.3 is 20.1 Å². The first-order valence-electron chi connectivity index (χ1n) is 7.97. The van der Waals surface area contributed by atoms with Gasteiger partial charge in [0.1, 0.15) is 5.75 Å². The summed E-state index contributed by atoms with van der Waals surface area (Å²) < 4.78 is 5.84. The molecule has 0 radical (unpaired) electrons. The fraction of sp³-hybridized carbons (Fsp3) is 0.529. The minimum atomic E-state index is -0.741. The van der Waals surface area contributed by atoms with Gasteiger partial charge >= 0.3 is 5.97 Å². The number of carboxylic acids is 1. The lowest BCUT2D eigenvalue weighted by atomic mass is 9.97. The summed E-state index contributed by atoms with van der Waals surface area (Å²) in [5.41, 5.74) is 0.735. The highest BCUT2D eigenvalue weighted by molar-refractivity contribution is 5.88. The Hall–Kier alpha value is -2.08. The number of benzene rings is 1. The van der Waals surface area contributed by atoms with E-state index in [4.69, 9.17) is 9.84 Å². The van der Waals surface area contributed by atoms with Crippen molar-refractivity contribution in [3.8, 4) is 5.75 Å². The van der Waals surface area contributed by atoms with Crippen LogP contribution in [0.1, 0.15) is 26.2 Å². The van der Waals surface area contributed by atoms with Crippen LogP contribution in [0.2, 0.25) is 0 Å². The molecular weight excluding hydrogens is 296 g/mol. The molecule has 6 heteroatoms. The van der Waals surface area contributed by atoms with Crippen LogP contribution in [0.3, 0.4) is 0 Å². The van der Waals surface area contributed by atoms with Crippen molar-refractivity contribution in [1.82, 2.24) is 4.90 Å². The summed E-state index contributed by atoms with van der Waals surface area (Å²) in [4.78, 5) is 23.8. The zero-order valence-electron chi connectivity index (χ0n) is 13.5. The number of likely N-dealkylation sites (tertiary alicyclic amines) is 1. The van der Waals surface area contributed by atoms with E-state index in [1.807, 2.05) is 24.3 Å². The van der Waals surface area contributed by atoms with Gasteiger partial charge in [-0.05, 0) is 44.0 Å². The van der Waals surface area contributed by atoms with Crippen LogP contribution >= 0.6 is 0 Å². The Bertz CT molecular complexity index is 539. The van der Waals surface area contributed by atoms with Crippen molar-refractivity contribution in [2.75, 3.05) is 31.6 Å². The van der Waals surface area contributed by atoms with Crippen LogP contribution in [0, 0.1) is 5.92 Å². The first-order valence-corrected chi connectivity index (χ1v) is 7.97. The molecule has 0 bridgehead atoms. The van der Waals surface area contributed by atoms with Crippen LogP contribution in [-0.2, 0) is 9.59 Å². The molecule has 1 aliphatic heterocycles. The van der Waals surface area contributed by atoms with Crippen LogP contribution < -0.4 is 10.1 Å². The number of aliphatic carboxylic acids is 1. The van der Waals surface area contributed by atoms with E-state index >= 15 is 0 Å². The Morgan fingerprint density at radius 2 is 2.09 bits per heavy atom. The zero-order valence-corrected chi connectivity index (χ0v) is 13.5. The topological polar surface area (TPSA) is 78.9 Å². The number of hydrogen-bond donors (Lipinski definition) is 2. The average molecular weight is 320 g/mol. The number of piperidine rings is 1. The third kappa shape index (κ3) is 6.28. The Kier molecular flexibility index (Phi) is 6.40. The maximum absolute atomic E-state index is 11.1. The van der Waals surface area contributed by atoms with Gasteiger partial charge in [-0.2, -0.15) is 0 Å². The molecular formula is C17H24N2O4. The summed E-state index contributed by atoms with van der Waals surface area (Å²) in [6.45, 7) is 4.60.